The molecule has 0 bridgehead atoms. The van der Waals surface area contributed by atoms with Crippen molar-refractivity contribution in [1.29, 1.82) is 0 Å². The first-order chi connectivity index (χ1) is 35.2. The van der Waals surface area contributed by atoms with E-state index in [4.69, 9.17) is 14.2 Å². The maximum atomic E-state index is 13.6. The van der Waals surface area contributed by atoms with Gasteiger partial charge in [-0.05, 0) is 96.0 Å². The first-order valence-corrected chi connectivity index (χ1v) is 27.2. The van der Waals surface area contributed by atoms with Crippen molar-refractivity contribution in [2.75, 3.05) is 49.1 Å². The predicted molar refractivity (Wildman–Crippen MR) is 292 cm³/mol. The second-order valence-electron chi connectivity index (χ2n) is 20.5. The van der Waals surface area contributed by atoms with Crippen molar-refractivity contribution in [2.45, 2.75) is 138 Å². The zero-order valence-corrected chi connectivity index (χ0v) is 46.3. The smallest absolute Gasteiger partial charge is 0.410 e. The Morgan fingerprint density at radius 1 is 0.622 bits per heavy atom. The molecule has 18 heteroatoms. The Kier molecular flexibility index (Phi) is 20.2. The highest BCUT2D eigenvalue weighted by Gasteiger charge is 2.38. The minimum absolute atomic E-state index is 0.0343. The van der Waals surface area contributed by atoms with Crippen molar-refractivity contribution in [3.8, 4) is 0 Å². The highest BCUT2D eigenvalue weighted by atomic mass is 32.1. The number of aryl methyl sites for hydroxylation is 4. The molecule has 4 heterocycles. The molecule has 7 rings (SSSR count). The second kappa shape index (κ2) is 26.2. The molecule has 3 aromatic carbocycles. The molecule has 2 fully saturated rings. The van der Waals surface area contributed by atoms with E-state index in [9.17, 15) is 24.0 Å². The summed E-state index contributed by atoms with van der Waals surface area (Å²) in [5.74, 6) is -1.10. The summed E-state index contributed by atoms with van der Waals surface area (Å²) in [5, 5.41) is 10.7. The monoisotopic (exact) mass is 1050 g/mol. The molecular formula is C56H74N8O8S2. The number of thiazole rings is 2. The van der Waals surface area contributed by atoms with Gasteiger partial charge in [0.1, 0.15) is 39.6 Å². The molecule has 2 aromatic heterocycles. The van der Waals surface area contributed by atoms with Gasteiger partial charge >= 0.3 is 18.0 Å². The number of aromatic nitrogens is 2. The minimum atomic E-state index is -0.810. The molecule has 0 radical (unpaired) electrons. The van der Waals surface area contributed by atoms with Crippen LogP contribution in [0.2, 0.25) is 0 Å². The lowest BCUT2D eigenvalue weighted by Crippen LogP contribution is -2.60. The molecule has 2 aliphatic heterocycles. The summed E-state index contributed by atoms with van der Waals surface area (Å²) in [6, 6.07) is 24.9. The number of rotatable bonds is 16. The Morgan fingerprint density at radius 3 is 1.58 bits per heavy atom. The first kappa shape index (κ1) is 56.9. The van der Waals surface area contributed by atoms with E-state index < -0.39 is 29.3 Å². The van der Waals surface area contributed by atoms with Crippen LogP contribution in [0.1, 0.15) is 127 Å². The number of anilines is 2. The number of hydrogen-bond acceptors (Lipinski definition) is 15. The summed E-state index contributed by atoms with van der Waals surface area (Å²) < 4.78 is 16.6. The summed E-state index contributed by atoms with van der Waals surface area (Å²) >= 11 is 2.56. The number of carbonyl (C=O) groups is 5. The van der Waals surface area contributed by atoms with Crippen molar-refractivity contribution in [1.82, 2.24) is 30.8 Å². The quantitative estimate of drug-likeness (QED) is 0.0629. The topological polar surface area (TPSA) is 185 Å². The van der Waals surface area contributed by atoms with Crippen molar-refractivity contribution in [3.05, 3.63) is 128 Å². The fraction of sp³-hybridized carbons (Fsp3) is 0.482. The maximum absolute atomic E-state index is 13.6. The van der Waals surface area contributed by atoms with Gasteiger partial charge in [-0.15, -0.1) is 0 Å². The van der Waals surface area contributed by atoms with Crippen molar-refractivity contribution in [2.24, 2.45) is 0 Å². The van der Waals surface area contributed by atoms with Crippen LogP contribution >= 0.6 is 22.7 Å². The molecule has 2 saturated heterocycles. The summed E-state index contributed by atoms with van der Waals surface area (Å²) in [4.78, 5) is 80.4. The van der Waals surface area contributed by atoms with Crippen LogP contribution in [0.3, 0.4) is 0 Å². The summed E-state index contributed by atoms with van der Waals surface area (Å²) in [6.45, 7) is 22.7. The number of hydrogen-bond donors (Lipinski definition) is 3. The number of benzene rings is 3. The third kappa shape index (κ3) is 16.8. The Morgan fingerprint density at radius 2 is 1.09 bits per heavy atom. The lowest BCUT2D eigenvalue weighted by Gasteiger charge is -2.39. The molecule has 2 atom stereocenters. The lowest BCUT2D eigenvalue weighted by atomic mass is 10.1. The molecule has 0 aliphatic carbocycles. The SMILES string of the molecule is CCCc1ccc(CNC(=O)[C@H]2CN(c3nc(C)c(C(=O)OC(C)(C)C)s3)CCN2)cc1.CCCc1ccc(CNC(=O)[C@H]2CN(c3nc(C)c(C(=O)OC(C)(C)C)s3)CCN2C(=O)OCc2ccccc2)cc1. The van der Waals surface area contributed by atoms with Gasteiger partial charge in [0, 0.05) is 52.4 Å². The number of nitrogens with one attached hydrogen (secondary N) is 3. The van der Waals surface area contributed by atoms with Gasteiger partial charge in [-0.25, -0.2) is 24.4 Å². The number of carbonyl (C=O) groups excluding carboxylic acids is 5. The zero-order chi connectivity index (χ0) is 53.6. The van der Waals surface area contributed by atoms with E-state index in [2.05, 4.69) is 81.1 Å². The Labute approximate surface area is 444 Å². The van der Waals surface area contributed by atoms with E-state index in [-0.39, 0.29) is 43.5 Å². The van der Waals surface area contributed by atoms with Crippen LogP contribution < -0.4 is 25.8 Å². The molecule has 3 amide bonds. The molecule has 2 aliphatic rings. The van der Waals surface area contributed by atoms with Crippen molar-refractivity contribution < 1.29 is 38.2 Å². The minimum Gasteiger partial charge on any atom is -0.456 e. The van der Waals surface area contributed by atoms with Crippen LogP contribution in [-0.4, -0.2) is 107 Å². The van der Waals surface area contributed by atoms with Crippen LogP contribution in [0.5, 0.6) is 0 Å². The number of esters is 2. The molecule has 16 nitrogen and oxygen atoms in total. The third-order valence-corrected chi connectivity index (χ3v) is 14.3. The Balaban J connectivity index is 0.000000250. The number of amides is 3. The molecule has 5 aromatic rings. The fourth-order valence-corrected chi connectivity index (χ4v) is 10.2. The number of piperazine rings is 2. The molecular weight excluding hydrogens is 977 g/mol. The van der Waals surface area contributed by atoms with Crippen LogP contribution in [-0.2, 0) is 56.3 Å². The van der Waals surface area contributed by atoms with Gasteiger partial charge in [-0.3, -0.25) is 14.5 Å². The van der Waals surface area contributed by atoms with Crippen LogP contribution in [0.25, 0.3) is 0 Å². The highest BCUT2D eigenvalue weighted by Crippen LogP contribution is 2.31. The zero-order valence-electron chi connectivity index (χ0n) is 44.7. The van der Waals surface area contributed by atoms with Gasteiger partial charge < -0.3 is 40.0 Å². The molecule has 0 unspecified atom stereocenters. The molecule has 74 heavy (non-hydrogen) atoms. The standard InChI is InChI=1S/C32H40N4O5S.C24H34N4O3S/c1-6-10-23-13-15-24(16-14-23)19-33-28(37)26-20-35(30-34-22(2)27(42-30)29(38)41-32(3,4)5)17-18-36(26)31(39)40-21-25-11-8-7-9-12-25;1-6-7-17-8-10-18(11-9-17)14-26-21(29)19-15-28(13-12-25-19)23-27-16(2)20(32-23)22(30)31-24(3,4)5/h7-9,11-16,26H,6,10,17-21H2,1-5H3,(H,33,37);8-11,19,25H,6-7,12-15H2,1-5H3,(H,26,29)/t26-;19-/m11/s1. The Bertz CT molecular complexity index is 2660. The largest absolute Gasteiger partial charge is 0.456 e. The molecule has 398 valence electrons. The summed E-state index contributed by atoms with van der Waals surface area (Å²) in [6.07, 6.45) is 3.73. The molecule has 0 saturated carbocycles. The van der Waals surface area contributed by atoms with E-state index in [0.717, 1.165) is 54.0 Å². The third-order valence-electron chi connectivity index (χ3n) is 12.0. The van der Waals surface area contributed by atoms with Crippen LogP contribution in [0.15, 0.2) is 78.9 Å². The lowest BCUT2D eigenvalue weighted by molar-refractivity contribution is -0.126. The average Bonchev–Trinajstić information content (AvgIpc) is 3.97. The normalized spacial score (nSPS) is 15.9. The van der Waals surface area contributed by atoms with Crippen LogP contribution in [0.4, 0.5) is 15.1 Å². The molecule has 0 spiro atoms. The van der Waals surface area contributed by atoms with Gasteiger partial charge in [0.2, 0.25) is 11.8 Å². The predicted octanol–water partition coefficient (Wildman–Crippen LogP) is 8.96. The fourth-order valence-electron chi connectivity index (χ4n) is 8.21. The van der Waals surface area contributed by atoms with Gasteiger partial charge in [-0.2, -0.15) is 0 Å². The van der Waals surface area contributed by atoms with Gasteiger partial charge in [0.25, 0.3) is 0 Å². The number of nitrogens with zero attached hydrogens (tertiary/aromatic N) is 5. The highest BCUT2D eigenvalue weighted by molar-refractivity contribution is 7.18. The molecule has 3 N–H and O–H groups in total. The van der Waals surface area contributed by atoms with Gasteiger partial charge in [0.05, 0.1) is 11.4 Å². The van der Waals surface area contributed by atoms with E-state index in [0.29, 0.717) is 59.0 Å². The summed E-state index contributed by atoms with van der Waals surface area (Å²) in [7, 11) is 0. The van der Waals surface area contributed by atoms with Gasteiger partial charge in [0.15, 0.2) is 10.3 Å². The van der Waals surface area contributed by atoms with E-state index >= 15 is 0 Å². The van der Waals surface area contributed by atoms with E-state index in [1.54, 1.807) is 6.92 Å². The maximum Gasteiger partial charge on any atom is 0.410 e. The van der Waals surface area contributed by atoms with Crippen molar-refractivity contribution in [3.63, 3.8) is 0 Å². The summed E-state index contributed by atoms with van der Waals surface area (Å²) in [5.41, 5.74) is 5.55. The average molecular weight is 1050 g/mol. The Hall–Kier alpha value is -6.37. The van der Waals surface area contributed by atoms with Gasteiger partial charge in [-0.1, -0.05) is 128 Å². The van der Waals surface area contributed by atoms with Crippen molar-refractivity contribution >= 4 is 62.8 Å². The second-order valence-corrected chi connectivity index (χ2v) is 22.5. The van der Waals surface area contributed by atoms with E-state index in [1.807, 2.05) is 95.8 Å². The van der Waals surface area contributed by atoms with Crippen LogP contribution in [0, 0.1) is 13.8 Å². The van der Waals surface area contributed by atoms with E-state index in [1.165, 1.54) is 38.7 Å². The first-order valence-electron chi connectivity index (χ1n) is 25.5. The number of ether oxygens (including phenoxy) is 3.